The van der Waals surface area contributed by atoms with E-state index in [4.69, 9.17) is 0 Å². The van der Waals surface area contributed by atoms with E-state index < -0.39 is 0 Å². The van der Waals surface area contributed by atoms with Gasteiger partial charge in [0.25, 0.3) is 0 Å². The molecule has 0 aromatic carbocycles. The van der Waals surface area contributed by atoms with E-state index in [1.54, 1.807) is 0 Å². The highest BCUT2D eigenvalue weighted by Gasteiger charge is 2.24. The Morgan fingerprint density at radius 3 is 2.60 bits per heavy atom. The summed E-state index contributed by atoms with van der Waals surface area (Å²) < 4.78 is 0. The van der Waals surface area contributed by atoms with Crippen molar-refractivity contribution in [1.82, 2.24) is 0 Å². The summed E-state index contributed by atoms with van der Waals surface area (Å²) in [6, 6.07) is 0. The van der Waals surface area contributed by atoms with E-state index in [0.717, 1.165) is 11.8 Å². The van der Waals surface area contributed by atoms with Crippen LogP contribution >= 0.6 is 0 Å². The second kappa shape index (κ2) is 3.05. The average Bonchev–Trinajstić information content (AvgIpc) is 2.33. The molecule has 0 nitrogen and oxygen atoms in total. The number of hydrogen-bond donors (Lipinski definition) is 0. The third kappa shape index (κ3) is 1.31. The molecule has 1 rings (SSSR count). The lowest BCUT2D eigenvalue weighted by atomic mass is 9.91. The van der Waals surface area contributed by atoms with Crippen molar-refractivity contribution in [2.45, 2.75) is 26.2 Å². The Labute approximate surface area is 63.6 Å². The van der Waals surface area contributed by atoms with Gasteiger partial charge in [0, 0.05) is 0 Å². The fourth-order valence-corrected chi connectivity index (χ4v) is 1.88. The van der Waals surface area contributed by atoms with Gasteiger partial charge in [-0.05, 0) is 31.6 Å². The maximum absolute atomic E-state index is 3.99. The van der Waals surface area contributed by atoms with Crippen LogP contribution in [-0.4, -0.2) is 0 Å². The molecule has 0 aliphatic heterocycles. The minimum Gasteiger partial charge on any atom is -0.103 e. The molecule has 0 saturated heterocycles. The van der Waals surface area contributed by atoms with Gasteiger partial charge in [-0.1, -0.05) is 24.6 Å². The first-order chi connectivity index (χ1) is 4.75. The Balaban J connectivity index is 2.58. The van der Waals surface area contributed by atoms with Crippen LogP contribution in [0.4, 0.5) is 0 Å². The van der Waals surface area contributed by atoms with E-state index in [9.17, 15) is 0 Å². The summed E-state index contributed by atoms with van der Waals surface area (Å²) in [5.74, 6) is 1.45. The zero-order valence-corrected chi connectivity index (χ0v) is 6.77. The molecule has 0 amide bonds. The maximum Gasteiger partial charge on any atom is -0.0146 e. The van der Waals surface area contributed by atoms with Gasteiger partial charge in [0.05, 0.1) is 0 Å². The summed E-state index contributed by atoms with van der Waals surface area (Å²) in [6.07, 6.45) is 6.09. The second-order valence-electron chi connectivity index (χ2n) is 3.28. The van der Waals surface area contributed by atoms with E-state index in [1.165, 1.54) is 24.8 Å². The van der Waals surface area contributed by atoms with Crippen LogP contribution in [0, 0.1) is 11.8 Å². The van der Waals surface area contributed by atoms with Crippen LogP contribution in [0.15, 0.2) is 24.8 Å². The molecular formula is C10H16. The topological polar surface area (TPSA) is 0 Å². The van der Waals surface area contributed by atoms with Crippen LogP contribution in [0.2, 0.25) is 0 Å². The van der Waals surface area contributed by atoms with E-state index >= 15 is 0 Å². The van der Waals surface area contributed by atoms with Crippen molar-refractivity contribution in [3.8, 4) is 0 Å². The van der Waals surface area contributed by atoms with Crippen molar-refractivity contribution in [2.75, 3.05) is 0 Å². The van der Waals surface area contributed by atoms with Crippen molar-refractivity contribution < 1.29 is 0 Å². The van der Waals surface area contributed by atoms with Gasteiger partial charge in [-0.3, -0.25) is 0 Å². The first-order valence-electron chi connectivity index (χ1n) is 4.03. The molecule has 56 valence electrons. The molecule has 0 heteroatoms. The maximum atomic E-state index is 3.99. The molecule has 0 radical (unpaired) electrons. The van der Waals surface area contributed by atoms with Crippen molar-refractivity contribution in [3.05, 3.63) is 24.8 Å². The zero-order valence-electron chi connectivity index (χ0n) is 6.77. The first-order valence-corrected chi connectivity index (χ1v) is 4.03. The van der Waals surface area contributed by atoms with E-state index in [1.807, 2.05) is 0 Å². The van der Waals surface area contributed by atoms with E-state index in [2.05, 4.69) is 26.2 Å². The average molecular weight is 136 g/mol. The molecule has 0 N–H and O–H groups in total. The standard InChI is InChI=1S/C10H16/c1-4-9-6-5-7-10(9)8(2)3/h4,9-10H,1-2,5-7H2,3H3. The summed E-state index contributed by atoms with van der Waals surface area (Å²) in [4.78, 5) is 0. The largest absolute Gasteiger partial charge is 0.103 e. The number of allylic oxidation sites excluding steroid dienone is 2. The Bertz CT molecular complexity index is 144. The predicted molar refractivity (Wildman–Crippen MR) is 45.8 cm³/mol. The first kappa shape index (κ1) is 7.59. The highest BCUT2D eigenvalue weighted by Crippen LogP contribution is 2.36. The van der Waals surface area contributed by atoms with Crippen LogP contribution in [0.3, 0.4) is 0 Å². The number of rotatable bonds is 2. The van der Waals surface area contributed by atoms with Gasteiger partial charge in [-0.25, -0.2) is 0 Å². The third-order valence-corrected chi connectivity index (χ3v) is 2.51. The van der Waals surface area contributed by atoms with Crippen LogP contribution < -0.4 is 0 Å². The fraction of sp³-hybridized carbons (Fsp3) is 0.600. The summed E-state index contributed by atoms with van der Waals surface area (Å²) in [6.45, 7) is 9.95. The Kier molecular flexibility index (Phi) is 2.31. The second-order valence-corrected chi connectivity index (χ2v) is 3.28. The molecule has 1 aliphatic rings. The van der Waals surface area contributed by atoms with Gasteiger partial charge in [-0.15, -0.1) is 6.58 Å². The Hall–Kier alpha value is -0.520. The molecule has 2 unspecified atom stereocenters. The van der Waals surface area contributed by atoms with Gasteiger partial charge in [0.2, 0.25) is 0 Å². The smallest absolute Gasteiger partial charge is 0.0146 e. The van der Waals surface area contributed by atoms with Crippen LogP contribution in [0.1, 0.15) is 26.2 Å². The molecule has 0 spiro atoms. The molecular weight excluding hydrogens is 120 g/mol. The predicted octanol–water partition coefficient (Wildman–Crippen LogP) is 3.16. The highest BCUT2D eigenvalue weighted by atomic mass is 14.3. The van der Waals surface area contributed by atoms with Crippen molar-refractivity contribution >= 4 is 0 Å². The normalized spacial score (nSPS) is 32.1. The molecule has 1 aliphatic carbocycles. The third-order valence-electron chi connectivity index (χ3n) is 2.51. The summed E-state index contributed by atoms with van der Waals surface area (Å²) in [5.41, 5.74) is 1.34. The lowest BCUT2D eigenvalue weighted by Gasteiger charge is -2.14. The molecule has 1 saturated carbocycles. The van der Waals surface area contributed by atoms with Gasteiger partial charge in [0.1, 0.15) is 0 Å². The van der Waals surface area contributed by atoms with Crippen LogP contribution in [0.25, 0.3) is 0 Å². The van der Waals surface area contributed by atoms with Crippen LogP contribution in [-0.2, 0) is 0 Å². The molecule has 2 atom stereocenters. The van der Waals surface area contributed by atoms with Gasteiger partial charge < -0.3 is 0 Å². The molecule has 0 heterocycles. The summed E-state index contributed by atoms with van der Waals surface area (Å²) in [7, 11) is 0. The SMILES string of the molecule is C=CC1CCCC1C(=C)C. The summed E-state index contributed by atoms with van der Waals surface area (Å²) >= 11 is 0. The molecule has 1 fully saturated rings. The van der Waals surface area contributed by atoms with Crippen molar-refractivity contribution in [2.24, 2.45) is 11.8 Å². The van der Waals surface area contributed by atoms with Crippen molar-refractivity contribution in [3.63, 3.8) is 0 Å². The highest BCUT2D eigenvalue weighted by molar-refractivity contribution is 5.05. The Morgan fingerprint density at radius 2 is 2.20 bits per heavy atom. The minimum absolute atomic E-state index is 0.720. The number of hydrogen-bond acceptors (Lipinski definition) is 0. The van der Waals surface area contributed by atoms with Crippen molar-refractivity contribution in [1.29, 1.82) is 0 Å². The molecule has 0 bridgehead atoms. The van der Waals surface area contributed by atoms with Crippen LogP contribution in [0.5, 0.6) is 0 Å². The lowest BCUT2D eigenvalue weighted by Crippen LogP contribution is -2.04. The fourth-order valence-electron chi connectivity index (χ4n) is 1.88. The van der Waals surface area contributed by atoms with E-state index in [-0.39, 0.29) is 0 Å². The van der Waals surface area contributed by atoms with E-state index in [0.29, 0.717) is 0 Å². The van der Waals surface area contributed by atoms with Gasteiger partial charge >= 0.3 is 0 Å². The van der Waals surface area contributed by atoms with Gasteiger partial charge in [-0.2, -0.15) is 0 Å². The molecule has 0 aromatic heterocycles. The monoisotopic (exact) mass is 136 g/mol. The minimum atomic E-state index is 0.720. The molecule has 10 heavy (non-hydrogen) atoms. The zero-order chi connectivity index (χ0) is 7.56. The van der Waals surface area contributed by atoms with Gasteiger partial charge in [0.15, 0.2) is 0 Å². The lowest BCUT2D eigenvalue weighted by molar-refractivity contribution is 0.532. The summed E-state index contributed by atoms with van der Waals surface area (Å²) in [5, 5.41) is 0. The molecule has 0 aromatic rings. The quantitative estimate of drug-likeness (QED) is 0.511. The Morgan fingerprint density at radius 1 is 1.50 bits per heavy atom.